The highest BCUT2D eigenvalue weighted by atomic mass is 35.5. The third kappa shape index (κ3) is 3.63. The molecule has 0 aliphatic rings. The number of phenolic OH excluding ortho intramolecular Hbond substituents is 1. The summed E-state index contributed by atoms with van der Waals surface area (Å²) in [4.78, 5) is 0. The Hall–Kier alpha value is -0.770. The van der Waals surface area contributed by atoms with Gasteiger partial charge in [-0.25, -0.2) is 0 Å². The molecule has 4 heteroatoms. The van der Waals surface area contributed by atoms with Crippen LogP contribution >= 0.6 is 12.4 Å². The first-order chi connectivity index (χ1) is 6.88. The van der Waals surface area contributed by atoms with Crippen LogP contribution < -0.4 is 5.32 Å². The van der Waals surface area contributed by atoms with Crippen LogP contribution in [0, 0.1) is 0 Å². The van der Waals surface area contributed by atoms with Gasteiger partial charge in [-0.3, -0.25) is 0 Å². The molecule has 0 heterocycles. The minimum absolute atomic E-state index is 0. The molecule has 13 heavy (non-hydrogen) atoms. The number of aliphatic hydroxyl groups is 1. The fourth-order valence-corrected chi connectivity index (χ4v) is 0.947. The lowest BCUT2D eigenvalue weighted by atomic mass is 10.1. The largest absolute Gasteiger partial charge is 0.508 e. The molecule has 0 aromatic heterocycles. The molecule has 0 spiro atoms. The van der Waals surface area contributed by atoms with Crippen LogP contribution in [0.1, 0.15) is 15.8 Å². The number of likely N-dealkylation sites (N-methyl/N-ethyl adjacent to an activating group) is 1. The summed E-state index contributed by atoms with van der Waals surface area (Å²) >= 11 is 0. The summed E-state index contributed by atoms with van der Waals surface area (Å²) in [6.07, 6.45) is -0.947. The van der Waals surface area contributed by atoms with Crippen molar-refractivity contribution in [2.24, 2.45) is 0 Å². The molecular weight excluding hydrogens is 190 g/mol. The number of hydrogen-bond donors (Lipinski definition) is 3. The maximum absolute atomic E-state index is 9.58. The van der Waals surface area contributed by atoms with Crippen LogP contribution in [0.3, 0.4) is 0 Å². The molecule has 0 saturated heterocycles. The third-order valence-electron chi connectivity index (χ3n) is 1.55. The van der Waals surface area contributed by atoms with Gasteiger partial charge in [0.15, 0.2) is 0 Å². The lowest BCUT2D eigenvalue weighted by Crippen LogP contribution is -2.16. The molecule has 3 nitrogen and oxygen atoms in total. The number of aliphatic hydroxyl groups excluding tert-OH is 1. The Labute approximate surface area is 88.0 Å². The molecule has 0 aliphatic heterocycles. The maximum Gasteiger partial charge on any atom is 0.115 e. The number of halogens is 1. The van der Waals surface area contributed by atoms with Crippen LogP contribution in [0.25, 0.3) is 0 Å². The van der Waals surface area contributed by atoms with Gasteiger partial charge in [-0.2, -0.15) is 0 Å². The van der Waals surface area contributed by atoms with E-state index in [1.807, 2.05) is 0 Å². The molecule has 0 fully saturated rings. The van der Waals surface area contributed by atoms with Gasteiger partial charge < -0.3 is 15.5 Å². The first-order valence-corrected chi connectivity index (χ1v) is 3.60. The highest BCUT2D eigenvalue weighted by molar-refractivity contribution is 5.85. The van der Waals surface area contributed by atoms with Gasteiger partial charge in [0.1, 0.15) is 5.75 Å². The number of rotatable bonds is 3. The van der Waals surface area contributed by atoms with Crippen LogP contribution in [0.4, 0.5) is 0 Å². The first-order valence-electron chi connectivity index (χ1n) is 5.10. The molecule has 0 aliphatic carbocycles. The highest BCUT2D eigenvalue weighted by Gasteiger charge is 2.05. The molecular formula is C9H14ClNO2. The zero-order valence-electron chi connectivity index (χ0n) is 9.90. The molecule has 3 N–H and O–H groups in total. The second kappa shape index (κ2) is 5.80. The molecule has 0 saturated carbocycles. The number of aromatic hydroxyl groups is 1. The fourth-order valence-electron chi connectivity index (χ4n) is 0.947. The van der Waals surface area contributed by atoms with Crippen molar-refractivity contribution in [3.05, 3.63) is 29.8 Å². The second-order valence-electron chi connectivity index (χ2n) is 2.49. The van der Waals surface area contributed by atoms with E-state index < -0.39 is 13.1 Å². The standard InChI is InChI=1S/C9H13NO2.ClH/c1-10-6-9(12)7-3-2-4-8(11)5-7;/h2-5,9-12H,6H2,1H3;1H/i1D3;. The van der Waals surface area contributed by atoms with Crippen molar-refractivity contribution in [3.63, 3.8) is 0 Å². The third-order valence-corrected chi connectivity index (χ3v) is 1.55. The SMILES string of the molecule is Cl.[2H]C([2H])([2H])NCC(O)c1cccc(O)c1. The van der Waals surface area contributed by atoms with Crippen molar-refractivity contribution >= 4 is 12.4 Å². The van der Waals surface area contributed by atoms with Crippen molar-refractivity contribution in [2.45, 2.75) is 6.10 Å². The monoisotopic (exact) mass is 206 g/mol. The van der Waals surface area contributed by atoms with Gasteiger partial charge in [0.05, 0.1) is 6.10 Å². The smallest absolute Gasteiger partial charge is 0.115 e. The van der Waals surface area contributed by atoms with E-state index in [9.17, 15) is 5.11 Å². The Morgan fingerprint density at radius 1 is 1.62 bits per heavy atom. The van der Waals surface area contributed by atoms with Crippen molar-refractivity contribution in [2.75, 3.05) is 13.5 Å². The molecule has 0 radical (unpaired) electrons. The Morgan fingerprint density at radius 2 is 2.38 bits per heavy atom. The van der Waals surface area contributed by atoms with E-state index in [1.165, 1.54) is 12.1 Å². The van der Waals surface area contributed by atoms with Crippen LogP contribution in [0.5, 0.6) is 5.75 Å². The van der Waals surface area contributed by atoms with Gasteiger partial charge in [-0.1, -0.05) is 12.1 Å². The van der Waals surface area contributed by atoms with Gasteiger partial charge >= 0.3 is 0 Å². The van der Waals surface area contributed by atoms with E-state index in [0.717, 1.165) is 0 Å². The Bertz CT molecular complexity index is 333. The quantitative estimate of drug-likeness (QED) is 0.694. The number of hydrogen-bond acceptors (Lipinski definition) is 3. The minimum Gasteiger partial charge on any atom is -0.508 e. The van der Waals surface area contributed by atoms with Gasteiger partial charge in [-0.05, 0) is 24.7 Å². The summed E-state index contributed by atoms with van der Waals surface area (Å²) < 4.78 is 20.7. The molecule has 1 atom stereocenters. The summed E-state index contributed by atoms with van der Waals surface area (Å²) in [5.74, 6) is 0.0421. The summed E-state index contributed by atoms with van der Waals surface area (Å²) in [7, 11) is 0. The minimum atomic E-state index is -2.27. The van der Waals surface area contributed by atoms with E-state index >= 15 is 0 Å². The summed E-state index contributed by atoms with van der Waals surface area (Å²) in [6.45, 7) is -2.35. The zero-order valence-corrected chi connectivity index (χ0v) is 7.71. The van der Waals surface area contributed by atoms with Crippen molar-refractivity contribution in [3.8, 4) is 5.75 Å². The molecule has 74 valence electrons. The van der Waals surface area contributed by atoms with Gasteiger partial charge in [0.2, 0.25) is 0 Å². The summed E-state index contributed by atoms with van der Waals surface area (Å²) in [6, 6.07) is 6.08. The summed E-state index contributed by atoms with van der Waals surface area (Å²) in [5.41, 5.74) is 0.478. The average Bonchev–Trinajstić information content (AvgIpc) is 2.13. The van der Waals surface area contributed by atoms with E-state index in [-0.39, 0.29) is 24.7 Å². The van der Waals surface area contributed by atoms with E-state index in [0.29, 0.717) is 5.56 Å². The van der Waals surface area contributed by atoms with E-state index in [1.54, 1.807) is 12.1 Å². The Kier molecular flexibility index (Phi) is 3.40. The lowest BCUT2D eigenvalue weighted by molar-refractivity contribution is 0.177. The maximum atomic E-state index is 9.58. The number of benzene rings is 1. The Balaban J connectivity index is 0.00000225. The predicted octanol–water partition coefficient (Wildman–Crippen LogP) is 1.07. The molecule has 1 unspecified atom stereocenters. The number of nitrogens with one attached hydrogen (secondary N) is 1. The van der Waals surface area contributed by atoms with E-state index in [2.05, 4.69) is 5.32 Å². The topological polar surface area (TPSA) is 52.5 Å². The Morgan fingerprint density at radius 3 is 3.00 bits per heavy atom. The number of phenols is 1. The van der Waals surface area contributed by atoms with Crippen LogP contribution in [0.2, 0.25) is 0 Å². The second-order valence-corrected chi connectivity index (χ2v) is 2.49. The van der Waals surface area contributed by atoms with Crippen molar-refractivity contribution < 1.29 is 14.3 Å². The van der Waals surface area contributed by atoms with Crippen molar-refractivity contribution in [1.29, 1.82) is 0 Å². The van der Waals surface area contributed by atoms with Crippen LogP contribution in [-0.4, -0.2) is 23.7 Å². The lowest BCUT2D eigenvalue weighted by Gasteiger charge is -2.09. The molecule has 0 bridgehead atoms. The van der Waals surface area contributed by atoms with Crippen LogP contribution in [0.15, 0.2) is 24.3 Å². The first kappa shape index (κ1) is 7.62. The molecule has 0 amide bonds. The molecule has 1 aromatic rings. The predicted molar refractivity (Wildman–Crippen MR) is 54.2 cm³/mol. The molecule has 1 aromatic carbocycles. The van der Waals surface area contributed by atoms with E-state index in [4.69, 9.17) is 9.22 Å². The van der Waals surface area contributed by atoms with Gasteiger partial charge in [0.25, 0.3) is 0 Å². The van der Waals surface area contributed by atoms with Crippen molar-refractivity contribution in [1.82, 2.24) is 5.32 Å². The fraction of sp³-hybridized carbons (Fsp3) is 0.333. The summed E-state index contributed by atoms with van der Waals surface area (Å²) in [5, 5.41) is 20.9. The normalized spacial score (nSPS) is 16.2. The van der Waals surface area contributed by atoms with Gasteiger partial charge in [-0.15, -0.1) is 12.4 Å². The highest BCUT2D eigenvalue weighted by Crippen LogP contribution is 2.17. The van der Waals surface area contributed by atoms with Crippen LogP contribution in [-0.2, 0) is 0 Å². The molecule has 1 rings (SSSR count). The van der Waals surface area contributed by atoms with Gasteiger partial charge in [0, 0.05) is 10.7 Å². The zero-order chi connectivity index (χ0) is 11.5. The average molecular weight is 207 g/mol.